The first-order chi connectivity index (χ1) is 12.9. The molecular weight excluding hydrogens is 366 g/mol. The fourth-order valence-electron chi connectivity index (χ4n) is 2.62. The van der Waals surface area contributed by atoms with Gasteiger partial charge in [0.15, 0.2) is 9.84 Å². The van der Waals surface area contributed by atoms with Gasteiger partial charge in [0.2, 0.25) is 5.91 Å². The van der Waals surface area contributed by atoms with Gasteiger partial charge < -0.3 is 10.1 Å². The Morgan fingerprint density at radius 3 is 2.26 bits per heavy atom. The first-order valence-corrected chi connectivity index (χ1v) is 9.74. The van der Waals surface area contributed by atoms with E-state index in [1.807, 2.05) is 24.3 Å². The minimum atomic E-state index is -3.78. The number of fused-ring (bicyclic) bond motifs is 1. The molecule has 3 aromatic rings. The molecule has 3 rings (SSSR count). The molecule has 6 nitrogen and oxygen atoms in total. The fourth-order valence-corrected chi connectivity index (χ4v) is 3.79. The highest BCUT2D eigenvalue weighted by molar-refractivity contribution is 7.92. The molecule has 1 amide bonds. The van der Waals surface area contributed by atoms with Gasteiger partial charge in [-0.3, -0.25) is 4.79 Å². The molecule has 0 aromatic heterocycles. The maximum atomic E-state index is 12.5. The molecule has 7 heteroatoms. The Hall–Kier alpha value is -3.19. The number of hydrogen-bond donors (Lipinski definition) is 1. The molecule has 0 fully saturated rings. The lowest BCUT2D eigenvalue weighted by atomic mass is 10.1. The maximum absolute atomic E-state index is 12.5. The number of anilines is 1. The van der Waals surface area contributed by atoms with Gasteiger partial charge in [-0.15, -0.1) is 0 Å². The molecule has 0 spiro atoms. The number of methoxy groups -OCH3 is 1. The molecule has 0 aliphatic rings. The van der Waals surface area contributed by atoms with Crippen molar-refractivity contribution in [3.05, 3.63) is 72.3 Å². The average Bonchev–Trinajstić information content (AvgIpc) is 2.67. The van der Waals surface area contributed by atoms with E-state index >= 15 is 0 Å². The number of carbonyl (C=O) groups is 2. The number of esters is 1. The molecule has 0 aliphatic heterocycles. The molecule has 0 saturated heterocycles. The van der Waals surface area contributed by atoms with Gasteiger partial charge in [0.25, 0.3) is 0 Å². The number of nitrogens with one attached hydrogen (secondary N) is 1. The van der Waals surface area contributed by atoms with Crippen LogP contribution in [0.15, 0.2) is 71.6 Å². The third kappa shape index (κ3) is 4.32. The van der Waals surface area contributed by atoms with Crippen molar-refractivity contribution < 1.29 is 22.7 Å². The van der Waals surface area contributed by atoms with Crippen LogP contribution in [0.1, 0.15) is 10.4 Å². The third-order valence-corrected chi connectivity index (χ3v) is 5.61. The van der Waals surface area contributed by atoms with E-state index in [-0.39, 0.29) is 4.90 Å². The second-order valence-corrected chi connectivity index (χ2v) is 7.87. The van der Waals surface area contributed by atoms with Crippen LogP contribution >= 0.6 is 0 Å². The lowest BCUT2D eigenvalue weighted by molar-refractivity contribution is -0.113. The van der Waals surface area contributed by atoms with Crippen LogP contribution in [0.25, 0.3) is 10.8 Å². The molecule has 0 aliphatic carbocycles. The third-order valence-electron chi connectivity index (χ3n) is 3.99. The first kappa shape index (κ1) is 18.6. The van der Waals surface area contributed by atoms with Crippen molar-refractivity contribution in [3.63, 3.8) is 0 Å². The smallest absolute Gasteiger partial charge is 0.337 e. The Labute approximate surface area is 156 Å². The van der Waals surface area contributed by atoms with Crippen LogP contribution in [0.5, 0.6) is 0 Å². The Kier molecular flexibility index (Phi) is 5.23. The number of carbonyl (C=O) groups excluding carboxylic acids is 2. The molecule has 0 heterocycles. The topological polar surface area (TPSA) is 89.5 Å². The second kappa shape index (κ2) is 7.59. The van der Waals surface area contributed by atoms with E-state index < -0.39 is 27.5 Å². The average molecular weight is 383 g/mol. The monoisotopic (exact) mass is 383 g/mol. The van der Waals surface area contributed by atoms with Gasteiger partial charge in [0, 0.05) is 5.69 Å². The van der Waals surface area contributed by atoms with Gasteiger partial charge in [-0.25, -0.2) is 13.2 Å². The number of hydrogen-bond acceptors (Lipinski definition) is 5. The lowest BCUT2D eigenvalue weighted by Crippen LogP contribution is -2.23. The Balaban J connectivity index is 1.72. The predicted molar refractivity (Wildman–Crippen MR) is 102 cm³/mol. The Morgan fingerprint density at radius 1 is 0.926 bits per heavy atom. The normalized spacial score (nSPS) is 11.1. The summed E-state index contributed by atoms with van der Waals surface area (Å²) in [4.78, 5) is 23.6. The second-order valence-electron chi connectivity index (χ2n) is 5.89. The van der Waals surface area contributed by atoms with Gasteiger partial charge in [-0.1, -0.05) is 30.3 Å². The molecule has 3 aromatic carbocycles. The number of rotatable bonds is 5. The SMILES string of the molecule is COC(=O)c1ccc(NC(=O)CS(=O)(=O)c2ccc3ccccc3c2)cc1. The molecular formula is C20H17NO5S. The zero-order chi connectivity index (χ0) is 19.4. The molecule has 0 radical (unpaired) electrons. The number of benzene rings is 3. The van der Waals surface area contributed by atoms with Gasteiger partial charge >= 0.3 is 5.97 Å². The van der Waals surface area contributed by atoms with Crippen LogP contribution in [-0.2, 0) is 19.4 Å². The van der Waals surface area contributed by atoms with Crippen molar-refractivity contribution in [2.24, 2.45) is 0 Å². The van der Waals surface area contributed by atoms with Crippen molar-refractivity contribution in [2.45, 2.75) is 4.90 Å². The van der Waals surface area contributed by atoms with Crippen molar-refractivity contribution in [2.75, 3.05) is 18.2 Å². The van der Waals surface area contributed by atoms with Crippen molar-refractivity contribution >= 4 is 38.2 Å². The maximum Gasteiger partial charge on any atom is 0.337 e. The summed E-state index contributed by atoms with van der Waals surface area (Å²) in [6, 6.07) is 18.1. The Bertz CT molecular complexity index is 1100. The van der Waals surface area contributed by atoms with Crippen LogP contribution in [0, 0.1) is 0 Å². The highest BCUT2D eigenvalue weighted by Crippen LogP contribution is 2.20. The highest BCUT2D eigenvalue weighted by Gasteiger charge is 2.20. The van der Waals surface area contributed by atoms with Crippen molar-refractivity contribution in [1.29, 1.82) is 0 Å². The van der Waals surface area contributed by atoms with E-state index in [0.717, 1.165) is 10.8 Å². The fraction of sp³-hybridized carbons (Fsp3) is 0.100. The number of sulfone groups is 1. The van der Waals surface area contributed by atoms with E-state index in [1.165, 1.54) is 37.4 Å². The van der Waals surface area contributed by atoms with Crippen molar-refractivity contribution in [1.82, 2.24) is 0 Å². The van der Waals surface area contributed by atoms with Gasteiger partial charge in [0.1, 0.15) is 5.75 Å². The molecule has 0 atom stereocenters. The quantitative estimate of drug-likeness (QED) is 0.684. The highest BCUT2D eigenvalue weighted by atomic mass is 32.2. The van der Waals surface area contributed by atoms with Crippen LogP contribution in [0.2, 0.25) is 0 Å². The standard InChI is InChI=1S/C20H17NO5S/c1-26-20(23)15-6-9-17(10-7-15)21-19(22)13-27(24,25)18-11-8-14-4-2-3-5-16(14)12-18/h2-12H,13H2,1H3,(H,21,22). The molecule has 1 N–H and O–H groups in total. The van der Waals surface area contributed by atoms with Gasteiger partial charge in [-0.05, 0) is 47.2 Å². The van der Waals surface area contributed by atoms with Crippen LogP contribution in [-0.4, -0.2) is 33.2 Å². The molecule has 138 valence electrons. The summed E-state index contributed by atoms with van der Waals surface area (Å²) >= 11 is 0. The largest absolute Gasteiger partial charge is 0.465 e. The van der Waals surface area contributed by atoms with E-state index in [2.05, 4.69) is 10.1 Å². The van der Waals surface area contributed by atoms with E-state index in [4.69, 9.17) is 0 Å². The Morgan fingerprint density at radius 2 is 1.59 bits per heavy atom. The van der Waals surface area contributed by atoms with E-state index in [9.17, 15) is 18.0 Å². The summed E-state index contributed by atoms with van der Waals surface area (Å²) in [6.07, 6.45) is 0. The summed E-state index contributed by atoms with van der Waals surface area (Å²) in [5.74, 6) is -1.83. The zero-order valence-electron chi connectivity index (χ0n) is 14.5. The van der Waals surface area contributed by atoms with E-state index in [0.29, 0.717) is 11.3 Å². The molecule has 0 saturated carbocycles. The molecule has 0 bridgehead atoms. The summed E-state index contributed by atoms with van der Waals surface area (Å²) in [7, 11) is -2.51. The van der Waals surface area contributed by atoms with Crippen molar-refractivity contribution in [3.8, 4) is 0 Å². The predicted octanol–water partition coefficient (Wildman–Crippen LogP) is 3.04. The van der Waals surface area contributed by atoms with Gasteiger partial charge in [0.05, 0.1) is 17.6 Å². The van der Waals surface area contributed by atoms with E-state index in [1.54, 1.807) is 12.1 Å². The number of amides is 1. The minimum absolute atomic E-state index is 0.0948. The summed E-state index contributed by atoms with van der Waals surface area (Å²) in [5, 5.41) is 4.23. The van der Waals surface area contributed by atoms with Crippen LogP contribution in [0.4, 0.5) is 5.69 Å². The zero-order valence-corrected chi connectivity index (χ0v) is 15.3. The molecule has 0 unspecified atom stereocenters. The minimum Gasteiger partial charge on any atom is -0.465 e. The van der Waals surface area contributed by atoms with Crippen LogP contribution < -0.4 is 5.32 Å². The molecule has 27 heavy (non-hydrogen) atoms. The lowest BCUT2D eigenvalue weighted by Gasteiger charge is -2.08. The van der Waals surface area contributed by atoms with Gasteiger partial charge in [-0.2, -0.15) is 0 Å². The van der Waals surface area contributed by atoms with Crippen LogP contribution in [0.3, 0.4) is 0 Å². The summed E-state index contributed by atoms with van der Waals surface area (Å²) in [6.45, 7) is 0. The number of ether oxygens (including phenoxy) is 1. The first-order valence-electron chi connectivity index (χ1n) is 8.09. The summed E-state index contributed by atoms with van der Waals surface area (Å²) in [5.41, 5.74) is 0.723. The summed E-state index contributed by atoms with van der Waals surface area (Å²) < 4.78 is 29.7.